The van der Waals surface area contributed by atoms with E-state index in [-0.39, 0.29) is 24.3 Å². The van der Waals surface area contributed by atoms with Crippen molar-refractivity contribution >= 4 is 23.4 Å². The monoisotopic (exact) mass is 412 g/mol. The van der Waals surface area contributed by atoms with Gasteiger partial charge in [0.2, 0.25) is 11.8 Å². The van der Waals surface area contributed by atoms with Gasteiger partial charge in [0.05, 0.1) is 6.42 Å². The van der Waals surface area contributed by atoms with Gasteiger partial charge in [0.1, 0.15) is 6.04 Å². The summed E-state index contributed by atoms with van der Waals surface area (Å²) in [5.41, 5.74) is 2.01. The Morgan fingerprint density at radius 2 is 1.76 bits per heavy atom. The Morgan fingerprint density at radius 1 is 1.07 bits per heavy atom. The first-order chi connectivity index (χ1) is 14.0. The average Bonchev–Trinajstić information content (AvgIpc) is 3.22. The van der Waals surface area contributed by atoms with Gasteiger partial charge in [-0.05, 0) is 49.4 Å². The van der Waals surface area contributed by atoms with Crippen molar-refractivity contribution in [3.63, 3.8) is 0 Å². The summed E-state index contributed by atoms with van der Waals surface area (Å²) in [7, 11) is 0. The largest absolute Gasteiger partial charge is 0.352 e. The molecule has 154 valence electrons. The molecule has 1 atom stereocenters. The molecule has 4 nitrogen and oxygen atoms in total. The first kappa shape index (κ1) is 21.4. The minimum absolute atomic E-state index is 0.0581. The molecule has 0 saturated heterocycles. The fourth-order valence-corrected chi connectivity index (χ4v) is 4.10. The lowest BCUT2D eigenvalue weighted by molar-refractivity contribution is -0.139. The van der Waals surface area contributed by atoms with Crippen LogP contribution in [0.3, 0.4) is 0 Å². The van der Waals surface area contributed by atoms with Crippen LogP contribution in [0.1, 0.15) is 43.7 Å². The maximum Gasteiger partial charge on any atom is 0.242 e. The van der Waals surface area contributed by atoms with E-state index in [2.05, 4.69) is 5.32 Å². The van der Waals surface area contributed by atoms with Crippen molar-refractivity contribution in [1.82, 2.24) is 10.2 Å². The topological polar surface area (TPSA) is 49.4 Å². The molecule has 2 aromatic rings. The highest BCUT2D eigenvalue weighted by molar-refractivity contribution is 6.30. The molecule has 0 bridgehead atoms. The van der Waals surface area contributed by atoms with E-state index in [1.165, 1.54) is 0 Å². The molecule has 5 heteroatoms. The number of hydrogen-bond donors (Lipinski definition) is 1. The molecule has 0 aromatic heterocycles. The molecule has 1 aliphatic rings. The summed E-state index contributed by atoms with van der Waals surface area (Å²) in [6.45, 7) is 2.33. The lowest BCUT2D eigenvalue weighted by Gasteiger charge is -2.30. The predicted molar refractivity (Wildman–Crippen MR) is 117 cm³/mol. The lowest BCUT2D eigenvalue weighted by atomic mass is 10.1. The number of rotatable bonds is 8. The number of amides is 2. The summed E-state index contributed by atoms with van der Waals surface area (Å²) in [5.74, 6) is -0.123. The summed E-state index contributed by atoms with van der Waals surface area (Å²) in [6, 6.07) is 17.1. The zero-order valence-corrected chi connectivity index (χ0v) is 17.7. The number of halogens is 1. The molecular formula is C24H29ClN2O2. The van der Waals surface area contributed by atoms with Gasteiger partial charge >= 0.3 is 0 Å². The molecule has 1 N–H and O–H groups in total. The molecule has 0 heterocycles. The smallest absolute Gasteiger partial charge is 0.242 e. The van der Waals surface area contributed by atoms with E-state index >= 15 is 0 Å². The zero-order chi connectivity index (χ0) is 20.6. The quantitative estimate of drug-likeness (QED) is 0.698. The minimum Gasteiger partial charge on any atom is -0.352 e. The number of hydrogen-bond acceptors (Lipinski definition) is 2. The summed E-state index contributed by atoms with van der Waals surface area (Å²) in [6.07, 6.45) is 5.31. The molecule has 3 rings (SSSR count). The highest BCUT2D eigenvalue weighted by Crippen LogP contribution is 2.18. The predicted octanol–water partition coefficient (Wildman–Crippen LogP) is 4.40. The number of carbonyl (C=O) groups is 2. The zero-order valence-electron chi connectivity index (χ0n) is 16.9. The molecule has 29 heavy (non-hydrogen) atoms. The SMILES string of the molecule is C[C@H](C(=O)NC1CCCC1)N(CCc1ccccc1)C(=O)Cc1cccc(Cl)c1. The van der Waals surface area contributed by atoms with E-state index in [0.717, 1.165) is 36.8 Å². The summed E-state index contributed by atoms with van der Waals surface area (Å²) in [4.78, 5) is 27.7. The van der Waals surface area contributed by atoms with Crippen LogP contribution >= 0.6 is 11.6 Å². The molecule has 2 amide bonds. The second kappa shape index (κ2) is 10.4. The van der Waals surface area contributed by atoms with Crippen LogP contribution in [-0.4, -0.2) is 35.3 Å². The third-order valence-corrected chi connectivity index (χ3v) is 5.83. The Labute approximate surface area is 178 Å². The van der Waals surface area contributed by atoms with Crippen molar-refractivity contribution in [2.75, 3.05) is 6.54 Å². The van der Waals surface area contributed by atoms with Crippen LogP contribution in [0, 0.1) is 0 Å². The van der Waals surface area contributed by atoms with Gasteiger partial charge in [-0.25, -0.2) is 0 Å². The van der Waals surface area contributed by atoms with Crippen LogP contribution in [0.5, 0.6) is 0 Å². The standard InChI is InChI=1S/C24H29ClN2O2/c1-18(24(29)26-22-12-5-6-13-22)27(15-14-19-8-3-2-4-9-19)23(28)17-20-10-7-11-21(25)16-20/h2-4,7-11,16,18,22H,5-6,12-15,17H2,1H3,(H,26,29)/t18-/m1/s1. The van der Waals surface area contributed by atoms with Crippen LogP contribution in [-0.2, 0) is 22.4 Å². The van der Waals surface area contributed by atoms with Crippen molar-refractivity contribution in [2.24, 2.45) is 0 Å². The van der Waals surface area contributed by atoms with Crippen molar-refractivity contribution < 1.29 is 9.59 Å². The fraction of sp³-hybridized carbons (Fsp3) is 0.417. The van der Waals surface area contributed by atoms with E-state index in [0.29, 0.717) is 18.0 Å². The number of carbonyl (C=O) groups excluding carboxylic acids is 2. The Balaban J connectivity index is 1.70. The number of nitrogens with zero attached hydrogens (tertiary/aromatic N) is 1. The molecule has 1 saturated carbocycles. The van der Waals surface area contributed by atoms with Gasteiger partial charge in [0.15, 0.2) is 0 Å². The Kier molecular flexibility index (Phi) is 7.70. The molecule has 0 aliphatic heterocycles. The van der Waals surface area contributed by atoms with Gasteiger partial charge in [-0.3, -0.25) is 9.59 Å². The molecule has 2 aromatic carbocycles. The van der Waals surface area contributed by atoms with Gasteiger partial charge in [0, 0.05) is 17.6 Å². The van der Waals surface area contributed by atoms with Crippen LogP contribution in [0.25, 0.3) is 0 Å². The second-order valence-electron chi connectivity index (χ2n) is 7.80. The Morgan fingerprint density at radius 3 is 2.45 bits per heavy atom. The lowest BCUT2D eigenvalue weighted by Crippen LogP contribution is -2.51. The summed E-state index contributed by atoms with van der Waals surface area (Å²) >= 11 is 6.07. The first-order valence-electron chi connectivity index (χ1n) is 10.4. The van der Waals surface area contributed by atoms with Crippen molar-refractivity contribution in [3.8, 4) is 0 Å². The molecule has 0 spiro atoms. The summed E-state index contributed by atoms with van der Waals surface area (Å²) in [5, 5.41) is 3.74. The summed E-state index contributed by atoms with van der Waals surface area (Å²) < 4.78 is 0. The molecule has 0 radical (unpaired) electrons. The Bertz CT molecular complexity index is 819. The fourth-order valence-electron chi connectivity index (χ4n) is 3.89. The van der Waals surface area contributed by atoms with Crippen LogP contribution in [0.4, 0.5) is 0 Å². The van der Waals surface area contributed by atoms with Crippen molar-refractivity contribution in [2.45, 2.75) is 57.5 Å². The average molecular weight is 413 g/mol. The van der Waals surface area contributed by atoms with Gasteiger partial charge in [-0.1, -0.05) is 66.9 Å². The van der Waals surface area contributed by atoms with Gasteiger partial charge in [0.25, 0.3) is 0 Å². The van der Waals surface area contributed by atoms with E-state index in [4.69, 9.17) is 11.6 Å². The van der Waals surface area contributed by atoms with Crippen molar-refractivity contribution in [1.29, 1.82) is 0 Å². The molecular weight excluding hydrogens is 384 g/mol. The number of benzene rings is 2. The minimum atomic E-state index is -0.508. The number of nitrogens with one attached hydrogen (secondary N) is 1. The van der Waals surface area contributed by atoms with E-state index < -0.39 is 6.04 Å². The van der Waals surface area contributed by atoms with Gasteiger partial charge in [-0.15, -0.1) is 0 Å². The highest BCUT2D eigenvalue weighted by atomic mass is 35.5. The van der Waals surface area contributed by atoms with Crippen LogP contribution < -0.4 is 5.32 Å². The third kappa shape index (κ3) is 6.33. The van der Waals surface area contributed by atoms with Gasteiger partial charge in [-0.2, -0.15) is 0 Å². The van der Waals surface area contributed by atoms with E-state index in [1.807, 2.05) is 49.4 Å². The van der Waals surface area contributed by atoms with Crippen LogP contribution in [0.15, 0.2) is 54.6 Å². The third-order valence-electron chi connectivity index (χ3n) is 5.60. The maximum absolute atomic E-state index is 13.1. The second-order valence-corrected chi connectivity index (χ2v) is 8.23. The molecule has 1 fully saturated rings. The normalized spacial score (nSPS) is 15.1. The highest BCUT2D eigenvalue weighted by Gasteiger charge is 2.28. The van der Waals surface area contributed by atoms with E-state index in [9.17, 15) is 9.59 Å². The Hall–Kier alpha value is -2.33. The van der Waals surface area contributed by atoms with Gasteiger partial charge < -0.3 is 10.2 Å². The molecule has 0 unspecified atom stereocenters. The molecule has 1 aliphatic carbocycles. The first-order valence-corrected chi connectivity index (χ1v) is 10.8. The van der Waals surface area contributed by atoms with Crippen molar-refractivity contribution in [3.05, 3.63) is 70.7 Å². The van der Waals surface area contributed by atoms with Crippen LogP contribution in [0.2, 0.25) is 5.02 Å². The van der Waals surface area contributed by atoms with E-state index in [1.54, 1.807) is 17.0 Å². The maximum atomic E-state index is 13.1.